The summed E-state index contributed by atoms with van der Waals surface area (Å²) in [7, 11) is 0. The van der Waals surface area contributed by atoms with E-state index in [4.69, 9.17) is 5.73 Å². The summed E-state index contributed by atoms with van der Waals surface area (Å²) >= 11 is 0. The molecule has 0 aliphatic carbocycles. The first-order valence-electron chi connectivity index (χ1n) is 6.48. The highest BCUT2D eigenvalue weighted by molar-refractivity contribution is 5.98. The lowest BCUT2D eigenvalue weighted by atomic mass is 9.89. The van der Waals surface area contributed by atoms with E-state index < -0.39 is 0 Å². The van der Waals surface area contributed by atoms with Gasteiger partial charge in [0.25, 0.3) is 0 Å². The fraction of sp³-hybridized carbons (Fsp3) is 0.500. The summed E-state index contributed by atoms with van der Waals surface area (Å²) in [5, 5.41) is 0. The number of hydrogen-bond acceptors (Lipinski definition) is 3. The van der Waals surface area contributed by atoms with E-state index in [0.717, 1.165) is 31.5 Å². The van der Waals surface area contributed by atoms with Crippen LogP contribution in [0.3, 0.4) is 0 Å². The summed E-state index contributed by atoms with van der Waals surface area (Å²) in [6, 6.07) is 6.47. The quantitative estimate of drug-likeness (QED) is 0.891. The molecule has 1 unspecified atom stereocenters. The Kier molecular flexibility index (Phi) is 3.55. The minimum absolute atomic E-state index is 0.0450. The Balaban J connectivity index is 2.37. The Labute approximate surface area is 108 Å². The maximum absolute atomic E-state index is 13.0. The van der Waals surface area contributed by atoms with Crippen molar-refractivity contribution in [3.8, 4) is 0 Å². The van der Waals surface area contributed by atoms with Crippen LogP contribution in [0.5, 0.6) is 0 Å². The third-order valence-electron chi connectivity index (χ3n) is 3.70. The van der Waals surface area contributed by atoms with Gasteiger partial charge in [-0.05, 0) is 37.1 Å². The third kappa shape index (κ3) is 2.07. The van der Waals surface area contributed by atoms with Crippen LogP contribution < -0.4 is 10.6 Å². The van der Waals surface area contributed by atoms with Gasteiger partial charge in [0.1, 0.15) is 5.82 Å². The van der Waals surface area contributed by atoms with Crippen molar-refractivity contribution in [2.45, 2.75) is 38.6 Å². The molecular formula is C14H20FN3. The summed E-state index contributed by atoms with van der Waals surface area (Å²) in [6.45, 7) is 5.04. The second-order valence-electron chi connectivity index (χ2n) is 4.81. The van der Waals surface area contributed by atoms with E-state index in [1.165, 1.54) is 12.1 Å². The number of nitrogens with two attached hydrogens (primary N) is 1. The largest absolute Gasteiger partial charge is 0.369 e. The number of halogens is 1. The normalized spacial score (nSPS) is 23.3. The highest BCUT2D eigenvalue weighted by Crippen LogP contribution is 2.34. The molecule has 0 bridgehead atoms. The first kappa shape index (κ1) is 12.9. The standard InChI is InChI=1S/C14H20FN3/c1-3-9-14(4-2)10-17-13(16)18(14)12-7-5-11(15)6-8-12/h5-8H,3-4,9-10H2,1-2H3,(H2,16,17). The van der Waals surface area contributed by atoms with Crippen molar-refractivity contribution >= 4 is 11.6 Å². The molecule has 18 heavy (non-hydrogen) atoms. The molecule has 1 aromatic rings. The predicted octanol–water partition coefficient (Wildman–Crippen LogP) is 2.91. The number of nitrogens with zero attached hydrogens (tertiary/aromatic N) is 2. The van der Waals surface area contributed by atoms with Crippen molar-refractivity contribution in [2.75, 3.05) is 11.4 Å². The van der Waals surface area contributed by atoms with E-state index in [0.29, 0.717) is 5.96 Å². The van der Waals surface area contributed by atoms with E-state index in [1.807, 2.05) is 0 Å². The summed E-state index contributed by atoms with van der Waals surface area (Å²) in [5.41, 5.74) is 6.89. The number of guanidine groups is 1. The predicted molar refractivity (Wildman–Crippen MR) is 73.3 cm³/mol. The Hall–Kier alpha value is -1.58. The summed E-state index contributed by atoms with van der Waals surface area (Å²) in [6.07, 6.45) is 3.09. The van der Waals surface area contributed by atoms with Crippen LogP contribution in [-0.4, -0.2) is 18.0 Å². The van der Waals surface area contributed by atoms with Crippen LogP contribution in [-0.2, 0) is 0 Å². The van der Waals surface area contributed by atoms with Gasteiger partial charge in [-0.25, -0.2) is 4.39 Å². The van der Waals surface area contributed by atoms with Crippen molar-refractivity contribution in [3.63, 3.8) is 0 Å². The zero-order valence-electron chi connectivity index (χ0n) is 11.0. The Morgan fingerprint density at radius 3 is 2.56 bits per heavy atom. The molecule has 4 heteroatoms. The number of rotatable bonds is 4. The molecule has 0 aromatic heterocycles. The van der Waals surface area contributed by atoms with Crippen LogP contribution >= 0.6 is 0 Å². The van der Waals surface area contributed by atoms with Crippen molar-refractivity contribution < 1.29 is 4.39 Å². The molecule has 3 nitrogen and oxygen atoms in total. The van der Waals surface area contributed by atoms with Crippen molar-refractivity contribution in [1.29, 1.82) is 0 Å². The Bertz CT molecular complexity index is 441. The molecule has 1 aliphatic heterocycles. The maximum atomic E-state index is 13.0. The van der Waals surface area contributed by atoms with Gasteiger partial charge in [-0.1, -0.05) is 20.3 Å². The number of hydrogen-bond donors (Lipinski definition) is 1. The van der Waals surface area contributed by atoms with E-state index in [1.54, 1.807) is 12.1 Å². The average molecular weight is 249 g/mol. The molecule has 0 saturated heterocycles. The summed E-state index contributed by atoms with van der Waals surface area (Å²) in [4.78, 5) is 6.45. The molecule has 1 atom stereocenters. The molecule has 0 fully saturated rings. The van der Waals surface area contributed by atoms with Gasteiger partial charge in [-0.2, -0.15) is 0 Å². The van der Waals surface area contributed by atoms with Crippen LogP contribution in [0.1, 0.15) is 33.1 Å². The van der Waals surface area contributed by atoms with Gasteiger partial charge in [-0.3, -0.25) is 4.99 Å². The van der Waals surface area contributed by atoms with Crippen LogP contribution in [0.2, 0.25) is 0 Å². The molecule has 0 spiro atoms. The number of anilines is 1. The van der Waals surface area contributed by atoms with E-state index in [2.05, 4.69) is 23.7 Å². The van der Waals surface area contributed by atoms with E-state index >= 15 is 0 Å². The van der Waals surface area contributed by atoms with Gasteiger partial charge >= 0.3 is 0 Å². The first-order chi connectivity index (χ1) is 8.63. The molecule has 0 amide bonds. The second-order valence-corrected chi connectivity index (χ2v) is 4.81. The van der Waals surface area contributed by atoms with E-state index in [-0.39, 0.29) is 11.4 Å². The molecular weight excluding hydrogens is 229 g/mol. The van der Waals surface area contributed by atoms with Crippen molar-refractivity contribution in [1.82, 2.24) is 0 Å². The molecule has 1 aliphatic rings. The minimum Gasteiger partial charge on any atom is -0.369 e. The van der Waals surface area contributed by atoms with Crippen LogP contribution in [0.15, 0.2) is 29.3 Å². The fourth-order valence-electron chi connectivity index (χ4n) is 2.71. The zero-order valence-corrected chi connectivity index (χ0v) is 11.0. The number of benzene rings is 1. The zero-order chi connectivity index (χ0) is 13.2. The van der Waals surface area contributed by atoms with Crippen molar-refractivity contribution in [3.05, 3.63) is 30.1 Å². The van der Waals surface area contributed by atoms with Gasteiger partial charge < -0.3 is 10.6 Å². The van der Waals surface area contributed by atoms with Crippen molar-refractivity contribution in [2.24, 2.45) is 10.7 Å². The molecule has 1 aromatic carbocycles. The monoisotopic (exact) mass is 249 g/mol. The highest BCUT2D eigenvalue weighted by atomic mass is 19.1. The summed E-state index contributed by atoms with van der Waals surface area (Å²) in [5.74, 6) is 0.308. The Morgan fingerprint density at radius 1 is 1.33 bits per heavy atom. The summed E-state index contributed by atoms with van der Waals surface area (Å²) < 4.78 is 13.0. The molecule has 1 heterocycles. The fourth-order valence-corrected chi connectivity index (χ4v) is 2.71. The van der Waals surface area contributed by atoms with E-state index in [9.17, 15) is 4.39 Å². The van der Waals surface area contributed by atoms with Gasteiger partial charge in [-0.15, -0.1) is 0 Å². The molecule has 2 N–H and O–H groups in total. The molecule has 2 rings (SSSR count). The van der Waals surface area contributed by atoms with Crippen LogP contribution in [0, 0.1) is 5.82 Å². The SMILES string of the molecule is CCCC1(CC)CN=C(N)N1c1ccc(F)cc1. The molecule has 0 saturated carbocycles. The lowest BCUT2D eigenvalue weighted by molar-refractivity contribution is 0.404. The minimum atomic E-state index is -0.231. The second kappa shape index (κ2) is 4.96. The van der Waals surface area contributed by atoms with Gasteiger partial charge in [0, 0.05) is 5.69 Å². The van der Waals surface area contributed by atoms with Gasteiger partial charge in [0.15, 0.2) is 5.96 Å². The topological polar surface area (TPSA) is 41.6 Å². The third-order valence-corrected chi connectivity index (χ3v) is 3.70. The van der Waals surface area contributed by atoms with Crippen LogP contribution in [0.4, 0.5) is 10.1 Å². The molecule has 98 valence electrons. The lowest BCUT2D eigenvalue weighted by Crippen LogP contribution is -2.51. The van der Waals surface area contributed by atoms with Crippen LogP contribution in [0.25, 0.3) is 0 Å². The maximum Gasteiger partial charge on any atom is 0.196 e. The highest BCUT2D eigenvalue weighted by Gasteiger charge is 2.40. The average Bonchev–Trinajstić information content (AvgIpc) is 2.69. The first-order valence-corrected chi connectivity index (χ1v) is 6.48. The smallest absolute Gasteiger partial charge is 0.196 e. The molecule has 0 radical (unpaired) electrons. The number of aliphatic imine (C=N–C) groups is 1. The van der Waals surface area contributed by atoms with Gasteiger partial charge in [0.2, 0.25) is 0 Å². The lowest BCUT2D eigenvalue weighted by Gasteiger charge is -2.38. The Morgan fingerprint density at radius 2 is 2.00 bits per heavy atom. The van der Waals surface area contributed by atoms with Gasteiger partial charge in [0.05, 0.1) is 12.1 Å².